The first-order valence-electron chi connectivity index (χ1n) is 11.6. The fraction of sp³-hybridized carbons (Fsp3) is 0.667. The number of amides is 3. The van der Waals surface area contributed by atoms with Crippen LogP contribution in [0.4, 0.5) is 4.79 Å². The van der Waals surface area contributed by atoms with E-state index < -0.39 is 0 Å². The average molecular weight is 429 g/mol. The van der Waals surface area contributed by atoms with Crippen molar-refractivity contribution in [3.8, 4) is 0 Å². The second-order valence-electron chi connectivity index (χ2n) is 9.50. The molecule has 3 aliphatic rings. The minimum Gasteiger partial charge on any atom is -0.378 e. The number of ether oxygens (including phenoxy) is 1. The Kier molecular flexibility index (Phi) is 6.82. The summed E-state index contributed by atoms with van der Waals surface area (Å²) in [6.45, 7) is 5.75. The van der Waals surface area contributed by atoms with E-state index in [0.29, 0.717) is 39.3 Å². The Bertz CT molecular complexity index is 783. The quantitative estimate of drug-likeness (QED) is 0.779. The lowest BCUT2D eigenvalue weighted by atomic mass is 9.73. The molecular formula is C24H36N4O3. The van der Waals surface area contributed by atoms with E-state index in [4.69, 9.17) is 4.74 Å². The van der Waals surface area contributed by atoms with Crippen LogP contribution in [0.3, 0.4) is 0 Å². The number of hydrogen-bond donors (Lipinski definition) is 1. The van der Waals surface area contributed by atoms with Gasteiger partial charge < -0.3 is 24.8 Å². The first kappa shape index (κ1) is 22.1. The Morgan fingerprint density at radius 3 is 2.48 bits per heavy atom. The molecule has 2 fully saturated rings. The molecule has 2 aliphatic heterocycles. The molecule has 1 unspecified atom stereocenters. The van der Waals surface area contributed by atoms with Crippen LogP contribution in [0.2, 0.25) is 0 Å². The molecule has 1 aliphatic carbocycles. The van der Waals surface area contributed by atoms with Crippen LogP contribution in [0.1, 0.15) is 42.7 Å². The number of nitrogens with one attached hydrogen (secondary N) is 1. The molecule has 1 atom stereocenters. The molecule has 2 saturated heterocycles. The van der Waals surface area contributed by atoms with Crippen molar-refractivity contribution in [2.45, 2.75) is 37.0 Å². The van der Waals surface area contributed by atoms with Crippen LogP contribution >= 0.6 is 0 Å². The van der Waals surface area contributed by atoms with Gasteiger partial charge in [-0.1, -0.05) is 24.3 Å². The minimum absolute atomic E-state index is 0.0902. The van der Waals surface area contributed by atoms with E-state index in [9.17, 15) is 9.59 Å². The van der Waals surface area contributed by atoms with Crippen molar-refractivity contribution in [3.05, 3.63) is 35.4 Å². The third-order valence-corrected chi connectivity index (χ3v) is 7.19. The topological polar surface area (TPSA) is 65.1 Å². The summed E-state index contributed by atoms with van der Waals surface area (Å²) in [5, 5.41) is 3.07. The number of nitrogens with zero attached hydrogens (tertiary/aromatic N) is 3. The molecule has 0 aromatic heterocycles. The van der Waals surface area contributed by atoms with Gasteiger partial charge in [-0.25, -0.2) is 4.79 Å². The van der Waals surface area contributed by atoms with Crippen LogP contribution in [0.25, 0.3) is 0 Å². The Hall–Kier alpha value is -2.12. The van der Waals surface area contributed by atoms with E-state index >= 15 is 0 Å². The molecule has 7 nitrogen and oxygen atoms in total. The SMILES string of the molecule is CN(C)CCNC(=O)CC1CC2(CCN(C(=O)N3CCOCC3)CC2)c2ccccc21. The Morgan fingerprint density at radius 1 is 1.10 bits per heavy atom. The van der Waals surface area contributed by atoms with Gasteiger partial charge in [-0.3, -0.25) is 4.79 Å². The molecule has 0 bridgehead atoms. The summed E-state index contributed by atoms with van der Waals surface area (Å²) in [5.74, 6) is 0.399. The number of likely N-dealkylation sites (N-methyl/N-ethyl adjacent to an activating group) is 1. The Morgan fingerprint density at radius 2 is 1.77 bits per heavy atom. The van der Waals surface area contributed by atoms with Crippen LogP contribution < -0.4 is 5.32 Å². The van der Waals surface area contributed by atoms with Crippen molar-refractivity contribution in [1.29, 1.82) is 0 Å². The first-order valence-corrected chi connectivity index (χ1v) is 11.6. The van der Waals surface area contributed by atoms with E-state index in [0.717, 1.165) is 38.9 Å². The third-order valence-electron chi connectivity index (χ3n) is 7.19. The maximum absolute atomic E-state index is 12.9. The van der Waals surface area contributed by atoms with Gasteiger partial charge in [0.25, 0.3) is 0 Å². The average Bonchev–Trinajstić information content (AvgIpc) is 3.07. The summed E-state index contributed by atoms with van der Waals surface area (Å²) in [6.07, 6.45) is 3.49. The van der Waals surface area contributed by atoms with Gasteiger partial charge in [0.05, 0.1) is 13.2 Å². The molecule has 31 heavy (non-hydrogen) atoms. The highest BCUT2D eigenvalue weighted by Gasteiger charge is 2.46. The van der Waals surface area contributed by atoms with E-state index in [1.807, 2.05) is 23.9 Å². The molecule has 2 heterocycles. The smallest absolute Gasteiger partial charge is 0.320 e. The van der Waals surface area contributed by atoms with Crippen molar-refractivity contribution in [3.63, 3.8) is 0 Å². The molecule has 3 amide bonds. The summed E-state index contributed by atoms with van der Waals surface area (Å²) >= 11 is 0. The Labute approximate surface area is 185 Å². The molecule has 0 radical (unpaired) electrons. The predicted octanol–water partition coefficient (Wildman–Crippen LogP) is 2.03. The summed E-state index contributed by atoms with van der Waals surface area (Å²) < 4.78 is 5.38. The highest BCUT2D eigenvalue weighted by Crippen LogP contribution is 2.52. The summed E-state index contributed by atoms with van der Waals surface area (Å²) in [4.78, 5) is 31.5. The molecule has 0 saturated carbocycles. The lowest BCUT2D eigenvalue weighted by Gasteiger charge is -2.42. The maximum Gasteiger partial charge on any atom is 0.320 e. The molecule has 1 aromatic carbocycles. The second-order valence-corrected chi connectivity index (χ2v) is 9.50. The van der Waals surface area contributed by atoms with Crippen LogP contribution in [0, 0.1) is 0 Å². The molecule has 1 spiro atoms. The zero-order chi connectivity index (χ0) is 21.8. The highest BCUT2D eigenvalue weighted by atomic mass is 16.5. The van der Waals surface area contributed by atoms with E-state index in [-0.39, 0.29) is 23.3 Å². The van der Waals surface area contributed by atoms with Crippen molar-refractivity contribution in [2.24, 2.45) is 0 Å². The molecule has 1 aromatic rings. The van der Waals surface area contributed by atoms with Gasteiger partial charge in [0.15, 0.2) is 0 Å². The van der Waals surface area contributed by atoms with Gasteiger partial charge in [-0.05, 0) is 55.8 Å². The number of benzene rings is 1. The van der Waals surface area contributed by atoms with E-state index in [1.165, 1.54) is 11.1 Å². The number of rotatable bonds is 5. The maximum atomic E-state index is 12.9. The number of carbonyl (C=O) groups is 2. The molecule has 7 heteroatoms. The molecular weight excluding hydrogens is 392 g/mol. The van der Waals surface area contributed by atoms with Gasteiger partial charge in [0, 0.05) is 45.7 Å². The van der Waals surface area contributed by atoms with Crippen molar-refractivity contribution in [2.75, 3.05) is 66.6 Å². The number of morpholine rings is 1. The van der Waals surface area contributed by atoms with Crippen LogP contribution in [0.15, 0.2) is 24.3 Å². The number of hydrogen-bond acceptors (Lipinski definition) is 4. The number of carbonyl (C=O) groups excluding carboxylic acids is 2. The molecule has 170 valence electrons. The number of urea groups is 1. The number of likely N-dealkylation sites (tertiary alicyclic amines) is 1. The third kappa shape index (κ3) is 4.88. The second kappa shape index (κ2) is 9.57. The van der Waals surface area contributed by atoms with Crippen LogP contribution in [-0.4, -0.2) is 93.2 Å². The van der Waals surface area contributed by atoms with Crippen LogP contribution in [-0.2, 0) is 14.9 Å². The molecule has 1 N–H and O–H groups in total. The van der Waals surface area contributed by atoms with Crippen molar-refractivity contribution < 1.29 is 14.3 Å². The van der Waals surface area contributed by atoms with Gasteiger partial charge in [0.2, 0.25) is 5.91 Å². The summed E-state index contributed by atoms with van der Waals surface area (Å²) in [6, 6.07) is 8.81. The van der Waals surface area contributed by atoms with E-state index in [1.54, 1.807) is 0 Å². The lowest BCUT2D eigenvalue weighted by Crippen LogP contribution is -2.52. The zero-order valence-electron chi connectivity index (χ0n) is 18.9. The molecule has 4 rings (SSSR count). The minimum atomic E-state index is 0.0902. The predicted molar refractivity (Wildman–Crippen MR) is 120 cm³/mol. The standard InChI is InChI=1S/C24H36N4O3/c1-26(2)12-9-25-22(29)17-19-18-24(21-6-4-3-5-20(19)21)7-10-27(11-8-24)23(30)28-13-15-31-16-14-28/h3-6,19H,7-18H2,1-2H3,(H,25,29). The Balaban J connectivity index is 1.39. The van der Waals surface area contributed by atoms with Crippen LogP contribution in [0.5, 0.6) is 0 Å². The highest BCUT2D eigenvalue weighted by molar-refractivity contribution is 5.77. The van der Waals surface area contributed by atoms with Crippen molar-refractivity contribution >= 4 is 11.9 Å². The van der Waals surface area contributed by atoms with Gasteiger partial charge in [-0.2, -0.15) is 0 Å². The van der Waals surface area contributed by atoms with Gasteiger partial charge >= 0.3 is 6.03 Å². The fourth-order valence-corrected chi connectivity index (χ4v) is 5.48. The zero-order valence-corrected chi connectivity index (χ0v) is 18.9. The van der Waals surface area contributed by atoms with E-state index in [2.05, 4.69) is 34.5 Å². The lowest BCUT2D eigenvalue weighted by molar-refractivity contribution is -0.121. The normalized spacial score (nSPS) is 22.6. The van der Waals surface area contributed by atoms with Gasteiger partial charge in [0.1, 0.15) is 0 Å². The first-order chi connectivity index (χ1) is 15.0. The number of fused-ring (bicyclic) bond motifs is 2. The fourth-order valence-electron chi connectivity index (χ4n) is 5.48. The number of piperidine rings is 1. The summed E-state index contributed by atoms with van der Waals surface area (Å²) in [5.41, 5.74) is 2.82. The monoisotopic (exact) mass is 428 g/mol. The van der Waals surface area contributed by atoms with Crippen molar-refractivity contribution in [1.82, 2.24) is 20.0 Å². The largest absolute Gasteiger partial charge is 0.378 e. The summed E-state index contributed by atoms with van der Waals surface area (Å²) in [7, 11) is 4.03. The van der Waals surface area contributed by atoms with Gasteiger partial charge in [-0.15, -0.1) is 0 Å².